The number of hydrogen-bond donors (Lipinski definition) is 1. The molecule has 1 aliphatic rings. The van der Waals surface area contributed by atoms with Gasteiger partial charge in [-0.05, 0) is 62.1 Å². The minimum absolute atomic E-state index is 0.0350. The van der Waals surface area contributed by atoms with Crippen molar-refractivity contribution in [1.29, 1.82) is 0 Å². The van der Waals surface area contributed by atoms with Crippen molar-refractivity contribution in [2.75, 3.05) is 25.1 Å². The summed E-state index contributed by atoms with van der Waals surface area (Å²) < 4.78 is 40.2. The summed E-state index contributed by atoms with van der Waals surface area (Å²) in [5.41, 5.74) is 1.89. The van der Waals surface area contributed by atoms with Gasteiger partial charge in [0.15, 0.2) is 11.5 Å². The topological polar surface area (TPSA) is 105 Å². The third-order valence-corrected chi connectivity index (χ3v) is 10.3. The van der Waals surface area contributed by atoms with Crippen molar-refractivity contribution in [3.05, 3.63) is 82.9 Å². The predicted molar refractivity (Wildman–Crippen MR) is 176 cm³/mol. The zero-order valence-electron chi connectivity index (χ0n) is 26.3. The standard InChI is InChI=1S/C34H42ClN3O6S/c1-5-30(34(40)36-26-12-7-6-8-13-26)37(22-25-11-9-10-14-29(25)35)33(39)23-38(27-17-15-24(2)16-18-27)45(41,42)28-19-20-31(43-3)32(21-28)44-4/h9-11,14-21,26,30H,5-8,12-13,22-23H2,1-4H3,(H,36,40)/t30-/m0/s1. The van der Waals surface area contributed by atoms with Gasteiger partial charge in [-0.1, -0.05) is 73.7 Å². The molecule has 0 bridgehead atoms. The van der Waals surface area contributed by atoms with Crippen LogP contribution in [-0.4, -0.2) is 58.0 Å². The number of aryl methyl sites for hydroxylation is 1. The molecule has 4 rings (SSSR count). The normalized spacial score (nSPS) is 14.3. The Hall–Kier alpha value is -3.76. The average Bonchev–Trinajstić information content (AvgIpc) is 3.04. The van der Waals surface area contributed by atoms with Gasteiger partial charge in [-0.3, -0.25) is 13.9 Å². The highest BCUT2D eigenvalue weighted by molar-refractivity contribution is 7.92. The van der Waals surface area contributed by atoms with E-state index in [1.165, 1.54) is 37.3 Å². The van der Waals surface area contributed by atoms with E-state index in [9.17, 15) is 18.0 Å². The Morgan fingerprint density at radius 1 is 0.956 bits per heavy atom. The van der Waals surface area contributed by atoms with Gasteiger partial charge in [0, 0.05) is 23.7 Å². The molecule has 0 saturated heterocycles. The number of nitrogens with zero attached hydrogens (tertiary/aromatic N) is 2. The van der Waals surface area contributed by atoms with E-state index in [1.807, 2.05) is 19.9 Å². The number of anilines is 1. The van der Waals surface area contributed by atoms with Crippen LogP contribution in [0.3, 0.4) is 0 Å². The smallest absolute Gasteiger partial charge is 0.264 e. The number of carbonyl (C=O) groups excluding carboxylic acids is 2. The molecule has 3 aromatic rings. The lowest BCUT2D eigenvalue weighted by molar-refractivity contribution is -0.140. The van der Waals surface area contributed by atoms with Gasteiger partial charge in [-0.15, -0.1) is 0 Å². The maximum Gasteiger partial charge on any atom is 0.264 e. The lowest BCUT2D eigenvalue weighted by Crippen LogP contribution is -2.54. The first-order valence-corrected chi connectivity index (χ1v) is 17.1. The van der Waals surface area contributed by atoms with Crippen LogP contribution in [0.4, 0.5) is 5.69 Å². The fraction of sp³-hybridized carbons (Fsp3) is 0.412. The maximum absolute atomic E-state index is 14.4. The number of ether oxygens (including phenoxy) is 2. The number of amides is 2. The van der Waals surface area contributed by atoms with Gasteiger partial charge in [-0.2, -0.15) is 0 Å². The van der Waals surface area contributed by atoms with E-state index in [1.54, 1.807) is 42.5 Å². The summed E-state index contributed by atoms with van der Waals surface area (Å²) in [4.78, 5) is 29.4. The Kier molecular flexibility index (Phi) is 11.7. The predicted octanol–water partition coefficient (Wildman–Crippen LogP) is 6.12. The molecule has 0 spiro atoms. The number of rotatable bonds is 13. The Bertz CT molecular complexity index is 1570. The highest BCUT2D eigenvalue weighted by Crippen LogP contribution is 2.33. The minimum Gasteiger partial charge on any atom is -0.493 e. The van der Waals surface area contributed by atoms with E-state index in [4.69, 9.17) is 21.1 Å². The number of methoxy groups -OCH3 is 2. The molecule has 0 aromatic heterocycles. The summed E-state index contributed by atoms with van der Waals surface area (Å²) in [7, 11) is -1.40. The molecule has 1 aliphatic carbocycles. The zero-order valence-corrected chi connectivity index (χ0v) is 27.9. The van der Waals surface area contributed by atoms with E-state index < -0.39 is 28.5 Å². The van der Waals surface area contributed by atoms with Crippen molar-refractivity contribution in [1.82, 2.24) is 10.2 Å². The van der Waals surface area contributed by atoms with E-state index in [0.29, 0.717) is 28.4 Å². The first-order chi connectivity index (χ1) is 21.6. The Morgan fingerprint density at radius 2 is 1.62 bits per heavy atom. The number of benzene rings is 3. The van der Waals surface area contributed by atoms with Crippen LogP contribution in [0.25, 0.3) is 0 Å². The lowest BCUT2D eigenvalue weighted by Gasteiger charge is -2.34. The number of carbonyl (C=O) groups is 2. The summed E-state index contributed by atoms with van der Waals surface area (Å²) in [6.07, 6.45) is 5.36. The molecule has 2 amide bonds. The van der Waals surface area contributed by atoms with Crippen molar-refractivity contribution in [3.8, 4) is 11.5 Å². The van der Waals surface area contributed by atoms with Crippen molar-refractivity contribution in [2.24, 2.45) is 0 Å². The molecule has 0 unspecified atom stereocenters. The summed E-state index contributed by atoms with van der Waals surface area (Å²) in [5, 5.41) is 3.60. The van der Waals surface area contributed by atoms with E-state index >= 15 is 0 Å². The van der Waals surface area contributed by atoms with Crippen molar-refractivity contribution < 1.29 is 27.5 Å². The summed E-state index contributed by atoms with van der Waals surface area (Å²) in [6, 6.07) is 17.5. The molecule has 1 N–H and O–H groups in total. The molecule has 9 nitrogen and oxygen atoms in total. The minimum atomic E-state index is -4.29. The number of sulfonamides is 1. The fourth-order valence-corrected chi connectivity index (χ4v) is 7.24. The van der Waals surface area contributed by atoms with Crippen LogP contribution in [-0.2, 0) is 26.2 Å². The van der Waals surface area contributed by atoms with Crippen molar-refractivity contribution in [2.45, 2.75) is 75.9 Å². The van der Waals surface area contributed by atoms with Gasteiger partial charge < -0.3 is 19.7 Å². The second kappa shape index (κ2) is 15.5. The first-order valence-electron chi connectivity index (χ1n) is 15.2. The highest BCUT2D eigenvalue weighted by atomic mass is 35.5. The molecular weight excluding hydrogens is 614 g/mol. The molecule has 1 saturated carbocycles. The van der Waals surface area contributed by atoms with Gasteiger partial charge in [0.05, 0.1) is 24.8 Å². The van der Waals surface area contributed by atoms with Gasteiger partial charge in [0.2, 0.25) is 11.8 Å². The van der Waals surface area contributed by atoms with Crippen LogP contribution in [0.1, 0.15) is 56.6 Å². The molecule has 1 fully saturated rings. The highest BCUT2D eigenvalue weighted by Gasteiger charge is 2.35. The van der Waals surface area contributed by atoms with Crippen molar-refractivity contribution in [3.63, 3.8) is 0 Å². The van der Waals surface area contributed by atoms with Gasteiger partial charge in [0.1, 0.15) is 12.6 Å². The molecule has 242 valence electrons. The monoisotopic (exact) mass is 655 g/mol. The maximum atomic E-state index is 14.4. The van der Waals surface area contributed by atoms with Crippen LogP contribution in [0.15, 0.2) is 71.6 Å². The molecule has 11 heteroatoms. The molecule has 3 aromatic carbocycles. The van der Waals surface area contributed by atoms with Crippen molar-refractivity contribution >= 4 is 39.1 Å². The van der Waals surface area contributed by atoms with E-state index in [-0.39, 0.29) is 29.1 Å². The molecule has 0 aliphatic heterocycles. The van der Waals surface area contributed by atoms with Crippen LogP contribution in [0.2, 0.25) is 5.02 Å². The van der Waals surface area contributed by atoms with Crippen LogP contribution >= 0.6 is 11.6 Å². The summed E-state index contributed by atoms with van der Waals surface area (Å²) in [6.45, 7) is 3.23. The molecule has 1 atom stereocenters. The largest absolute Gasteiger partial charge is 0.493 e. The average molecular weight is 656 g/mol. The second-order valence-electron chi connectivity index (χ2n) is 11.2. The second-order valence-corrected chi connectivity index (χ2v) is 13.5. The SMILES string of the molecule is CC[C@@H](C(=O)NC1CCCCC1)N(Cc1ccccc1Cl)C(=O)CN(c1ccc(C)cc1)S(=O)(=O)c1ccc(OC)c(OC)c1. The Balaban J connectivity index is 1.74. The molecule has 45 heavy (non-hydrogen) atoms. The summed E-state index contributed by atoms with van der Waals surface area (Å²) >= 11 is 6.51. The third kappa shape index (κ3) is 8.29. The molecule has 0 radical (unpaired) electrons. The lowest BCUT2D eigenvalue weighted by atomic mass is 9.95. The number of halogens is 1. The number of hydrogen-bond acceptors (Lipinski definition) is 6. The molecular formula is C34H42ClN3O6S. The van der Waals surface area contributed by atoms with Gasteiger partial charge >= 0.3 is 0 Å². The third-order valence-electron chi connectivity index (χ3n) is 8.18. The molecule has 0 heterocycles. The van der Waals surface area contributed by atoms with Crippen LogP contribution in [0, 0.1) is 6.92 Å². The van der Waals surface area contributed by atoms with Gasteiger partial charge in [-0.25, -0.2) is 8.42 Å². The first kappa shape index (κ1) is 34.1. The number of nitrogens with one attached hydrogen (secondary N) is 1. The fourth-order valence-electron chi connectivity index (χ4n) is 5.62. The van der Waals surface area contributed by atoms with E-state index in [2.05, 4.69) is 5.32 Å². The Morgan fingerprint density at radius 3 is 2.24 bits per heavy atom. The Labute approximate surface area is 271 Å². The zero-order chi connectivity index (χ0) is 32.6. The summed E-state index contributed by atoms with van der Waals surface area (Å²) in [5.74, 6) is -0.186. The quantitative estimate of drug-likeness (QED) is 0.238. The van der Waals surface area contributed by atoms with E-state index in [0.717, 1.165) is 42.0 Å². The van der Waals surface area contributed by atoms with Crippen LogP contribution < -0.4 is 19.1 Å². The van der Waals surface area contributed by atoms with Crippen LogP contribution in [0.5, 0.6) is 11.5 Å². The van der Waals surface area contributed by atoms with Gasteiger partial charge in [0.25, 0.3) is 10.0 Å².